The topological polar surface area (TPSA) is 109 Å². The normalized spacial score (nSPS) is 13.6. The fourth-order valence-electron chi connectivity index (χ4n) is 3.87. The molecule has 1 N–H and O–H groups in total. The molecule has 0 aliphatic carbocycles. The number of aromatic nitrogens is 1. The lowest BCUT2D eigenvalue weighted by molar-refractivity contribution is -0.384. The lowest BCUT2D eigenvalue weighted by Crippen LogP contribution is -2.48. The molecule has 1 saturated heterocycles. The summed E-state index contributed by atoms with van der Waals surface area (Å²) in [6.45, 7) is 7.58. The maximum absolute atomic E-state index is 12.8. The zero-order valence-corrected chi connectivity index (χ0v) is 20.0. The Morgan fingerprint density at radius 2 is 1.79 bits per heavy atom. The number of hydrogen-bond acceptors (Lipinski definition) is 7. The summed E-state index contributed by atoms with van der Waals surface area (Å²) >= 11 is 1.30. The minimum Gasteiger partial charge on any atom is -0.362 e. The van der Waals surface area contributed by atoms with Crippen LogP contribution in [0.5, 0.6) is 0 Å². The second kappa shape index (κ2) is 9.60. The molecule has 9 nitrogen and oxygen atoms in total. The van der Waals surface area contributed by atoms with E-state index in [0.29, 0.717) is 37.0 Å². The third kappa shape index (κ3) is 4.91. The minimum absolute atomic E-state index is 0.0102. The van der Waals surface area contributed by atoms with Gasteiger partial charge in [-0.05, 0) is 43.2 Å². The monoisotopic (exact) mass is 479 g/mol. The average molecular weight is 480 g/mol. The highest BCUT2D eigenvalue weighted by Gasteiger charge is 2.26. The first-order valence-corrected chi connectivity index (χ1v) is 11.7. The Morgan fingerprint density at radius 3 is 2.44 bits per heavy atom. The molecule has 0 bridgehead atoms. The molecule has 3 aromatic rings. The van der Waals surface area contributed by atoms with Gasteiger partial charge in [-0.15, -0.1) is 11.3 Å². The molecule has 0 atom stereocenters. The quantitative estimate of drug-likeness (QED) is 0.433. The van der Waals surface area contributed by atoms with Gasteiger partial charge in [0.15, 0.2) is 5.13 Å². The molecule has 10 heteroatoms. The van der Waals surface area contributed by atoms with Gasteiger partial charge in [-0.3, -0.25) is 25.0 Å². The van der Waals surface area contributed by atoms with Gasteiger partial charge in [0.2, 0.25) is 5.91 Å². The summed E-state index contributed by atoms with van der Waals surface area (Å²) in [5.41, 5.74) is 4.55. The molecule has 4 rings (SSSR count). The van der Waals surface area contributed by atoms with E-state index in [2.05, 4.69) is 10.3 Å². The molecule has 1 aromatic heterocycles. The molecule has 0 spiro atoms. The summed E-state index contributed by atoms with van der Waals surface area (Å²) in [7, 11) is 0. The number of nitro benzene ring substituents is 1. The molecule has 2 aromatic carbocycles. The lowest BCUT2D eigenvalue weighted by atomic mass is 10.1. The number of carbonyl (C=O) groups excluding carboxylic acids is 2. The molecule has 0 unspecified atom stereocenters. The van der Waals surface area contributed by atoms with Crippen LogP contribution < -0.4 is 10.2 Å². The molecular weight excluding hydrogens is 454 g/mol. The van der Waals surface area contributed by atoms with Crippen molar-refractivity contribution in [3.63, 3.8) is 0 Å². The van der Waals surface area contributed by atoms with Gasteiger partial charge in [0, 0.05) is 55.7 Å². The number of rotatable bonds is 5. The van der Waals surface area contributed by atoms with Gasteiger partial charge in [0.25, 0.3) is 11.6 Å². The first-order chi connectivity index (χ1) is 16.2. The van der Waals surface area contributed by atoms with Crippen molar-refractivity contribution in [3.8, 4) is 11.3 Å². The third-order valence-electron chi connectivity index (χ3n) is 6.03. The standard InChI is InChI=1S/C24H25N5O4S/c1-15-4-5-18(12-16(15)2)20-14-34-24(25-20)26-23(31)19-6-7-21(22(13-19)29(32)33)28-10-8-27(9-11-28)17(3)30/h4-7,12-14H,8-11H2,1-3H3,(H,25,26,31). The van der Waals surface area contributed by atoms with Crippen LogP contribution in [0.25, 0.3) is 11.3 Å². The van der Waals surface area contributed by atoms with Crippen molar-refractivity contribution in [1.29, 1.82) is 0 Å². The van der Waals surface area contributed by atoms with Crippen LogP contribution in [-0.2, 0) is 4.79 Å². The van der Waals surface area contributed by atoms with Crippen LogP contribution in [0.15, 0.2) is 41.8 Å². The minimum atomic E-state index is -0.481. The van der Waals surface area contributed by atoms with Gasteiger partial charge in [0.05, 0.1) is 10.6 Å². The number of nitrogens with one attached hydrogen (secondary N) is 1. The van der Waals surface area contributed by atoms with Crippen LogP contribution >= 0.6 is 11.3 Å². The summed E-state index contributed by atoms with van der Waals surface area (Å²) in [6.07, 6.45) is 0. The van der Waals surface area contributed by atoms with Crippen molar-refractivity contribution in [2.24, 2.45) is 0 Å². The summed E-state index contributed by atoms with van der Waals surface area (Å²) in [5, 5.41) is 16.8. The molecule has 2 amide bonds. The Morgan fingerprint density at radius 1 is 1.06 bits per heavy atom. The number of nitro groups is 1. The zero-order chi connectivity index (χ0) is 24.4. The number of amides is 2. The van der Waals surface area contributed by atoms with E-state index >= 15 is 0 Å². The molecule has 1 fully saturated rings. The number of piperazine rings is 1. The van der Waals surface area contributed by atoms with E-state index in [1.807, 2.05) is 42.3 Å². The van der Waals surface area contributed by atoms with Crippen molar-refractivity contribution in [2.45, 2.75) is 20.8 Å². The van der Waals surface area contributed by atoms with E-state index in [9.17, 15) is 19.7 Å². The maximum atomic E-state index is 12.8. The Hall–Kier alpha value is -3.79. The molecule has 0 radical (unpaired) electrons. The Balaban J connectivity index is 1.50. The maximum Gasteiger partial charge on any atom is 0.293 e. The van der Waals surface area contributed by atoms with Crippen LogP contribution in [0.4, 0.5) is 16.5 Å². The van der Waals surface area contributed by atoms with Crippen LogP contribution in [0.3, 0.4) is 0 Å². The molecule has 0 saturated carbocycles. The van der Waals surface area contributed by atoms with E-state index in [4.69, 9.17) is 0 Å². The zero-order valence-electron chi connectivity index (χ0n) is 19.2. The fourth-order valence-corrected chi connectivity index (χ4v) is 4.59. The number of carbonyl (C=O) groups is 2. The highest BCUT2D eigenvalue weighted by Crippen LogP contribution is 2.31. The average Bonchev–Trinajstić information content (AvgIpc) is 3.29. The molecule has 2 heterocycles. The van der Waals surface area contributed by atoms with E-state index < -0.39 is 10.8 Å². The van der Waals surface area contributed by atoms with Gasteiger partial charge in [0.1, 0.15) is 5.69 Å². The largest absolute Gasteiger partial charge is 0.362 e. The SMILES string of the molecule is CC(=O)N1CCN(c2ccc(C(=O)Nc3nc(-c4ccc(C)c(C)c4)cs3)cc2[N+](=O)[O-])CC1. The molecule has 1 aliphatic heterocycles. The number of nitrogens with zero attached hydrogens (tertiary/aromatic N) is 4. The molecule has 1 aliphatic rings. The number of benzene rings is 2. The summed E-state index contributed by atoms with van der Waals surface area (Å²) in [4.78, 5) is 43.7. The van der Waals surface area contributed by atoms with E-state index in [1.165, 1.54) is 29.9 Å². The van der Waals surface area contributed by atoms with Gasteiger partial charge in [-0.1, -0.05) is 12.1 Å². The number of anilines is 2. The third-order valence-corrected chi connectivity index (χ3v) is 6.79. The highest BCUT2D eigenvalue weighted by molar-refractivity contribution is 7.14. The number of hydrogen-bond donors (Lipinski definition) is 1. The van der Waals surface area contributed by atoms with Gasteiger partial charge < -0.3 is 9.80 Å². The predicted molar refractivity (Wildman–Crippen MR) is 133 cm³/mol. The molecular formula is C24H25N5O4S. The second-order valence-corrected chi connectivity index (χ2v) is 9.10. The Kier molecular flexibility index (Phi) is 6.60. The van der Waals surface area contributed by atoms with E-state index in [0.717, 1.165) is 16.8 Å². The second-order valence-electron chi connectivity index (χ2n) is 8.24. The van der Waals surface area contributed by atoms with Crippen molar-refractivity contribution < 1.29 is 14.5 Å². The van der Waals surface area contributed by atoms with Crippen molar-refractivity contribution >= 4 is 39.7 Å². The summed E-state index contributed by atoms with van der Waals surface area (Å²) in [6, 6.07) is 10.5. The van der Waals surface area contributed by atoms with E-state index in [1.54, 1.807) is 17.0 Å². The molecule has 34 heavy (non-hydrogen) atoms. The first kappa shape index (κ1) is 23.4. The smallest absolute Gasteiger partial charge is 0.293 e. The van der Waals surface area contributed by atoms with Gasteiger partial charge >= 0.3 is 0 Å². The summed E-state index contributed by atoms with van der Waals surface area (Å²) < 4.78 is 0. The van der Waals surface area contributed by atoms with Crippen molar-refractivity contribution in [1.82, 2.24) is 9.88 Å². The Bertz CT molecular complexity index is 1260. The summed E-state index contributed by atoms with van der Waals surface area (Å²) in [5.74, 6) is -0.471. The molecule has 176 valence electrons. The predicted octanol–water partition coefficient (Wildman–Crippen LogP) is 4.26. The van der Waals surface area contributed by atoms with Crippen LogP contribution in [-0.4, -0.2) is 52.8 Å². The first-order valence-electron chi connectivity index (χ1n) is 10.9. The lowest BCUT2D eigenvalue weighted by Gasteiger charge is -2.35. The van der Waals surface area contributed by atoms with Gasteiger partial charge in [-0.25, -0.2) is 4.98 Å². The fraction of sp³-hybridized carbons (Fsp3) is 0.292. The van der Waals surface area contributed by atoms with Gasteiger partial charge in [-0.2, -0.15) is 0 Å². The highest BCUT2D eigenvalue weighted by atomic mass is 32.1. The van der Waals surface area contributed by atoms with Crippen LogP contribution in [0, 0.1) is 24.0 Å². The van der Waals surface area contributed by atoms with Crippen LogP contribution in [0.1, 0.15) is 28.4 Å². The Labute approximate surface area is 201 Å². The van der Waals surface area contributed by atoms with E-state index in [-0.39, 0.29) is 17.2 Å². The van der Waals surface area contributed by atoms with Crippen molar-refractivity contribution in [2.75, 3.05) is 36.4 Å². The number of thiazole rings is 1. The van der Waals surface area contributed by atoms with Crippen LogP contribution in [0.2, 0.25) is 0 Å². The number of aryl methyl sites for hydroxylation is 2. The van der Waals surface area contributed by atoms with Crippen molar-refractivity contribution in [3.05, 3.63) is 68.6 Å².